The molecule has 2 aromatic heterocycles. The Labute approximate surface area is 123 Å². The molecule has 0 bridgehead atoms. The van der Waals surface area contributed by atoms with Crippen LogP contribution in [0.15, 0.2) is 36.5 Å². The van der Waals surface area contributed by atoms with E-state index in [2.05, 4.69) is 15.3 Å². The molecule has 0 aliphatic heterocycles. The maximum atomic E-state index is 12.2. The van der Waals surface area contributed by atoms with Gasteiger partial charge in [0.2, 0.25) is 0 Å². The van der Waals surface area contributed by atoms with E-state index in [1.165, 1.54) is 23.6 Å². The van der Waals surface area contributed by atoms with Crippen LogP contribution in [0.1, 0.15) is 10.4 Å². The van der Waals surface area contributed by atoms with E-state index in [1.807, 2.05) is 24.3 Å². The number of nitrogens with one attached hydrogen (secondary N) is 1. The SMILES string of the molecule is Nc1cnc(Cl)cc1C(=O)Nc1nc2ccccc2s1. The molecule has 3 rings (SSSR count). The molecule has 3 N–H and O–H groups in total. The fourth-order valence-electron chi connectivity index (χ4n) is 1.73. The van der Waals surface area contributed by atoms with E-state index < -0.39 is 0 Å². The predicted octanol–water partition coefficient (Wildman–Crippen LogP) is 3.18. The van der Waals surface area contributed by atoms with Crippen LogP contribution in [0.4, 0.5) is 10.8 Å². The zero-order chi connectivity index (χ0) is 14.1. The highest BCUT2D eigenvalue weighted by molar-refractivity contribution is 7.22. The number of nitrogens with two attached hydrogens (primary N) is 1. The first-order valence-electron chi connectivity index (χ1n) is 5.71. The molecule has 0 unspecified atom stereocenters. The van der Waals surface area contributed by atoms with E-state index in [0.29, 0.717) is 5.13 Å². The molecule has 0 fully saturated rings. The zero-order valence-corrected chi connectivity index (χ0v) is 11.7. The van der Waals surface area contributed by atoms with Crippen molar-refractivity contribution in [1.82, 2.24) is 9.97 Å². The molecule has 0 spiro atoms. The monoisotopic (exact) mass is 304 g/mol. The molecule has 1 aromatic carbocycles. The maximum Gasteiger partial charge on any atom is 0.259 e. The normalized spacial score (nSPS) is 10.7. The summed E-state index contributed by atoms with van der Waals surface area (Å²) in [5.74, 6) is -0.356. The summed E-state index contributed by atoms with van der Waals surface area (Å²) in [6.07, 6.45) is 1.36. The fourth-order valence-corrected chi connectivity index (χ4v) is 2.75. The van der Waals surface area contributed by atoms with Crippen molar-refractivity contribution in [3.8, 4) is 0 Å². The first-order chi connectivity index (χ1) is 9.63. The average Bonchev–Trinajstić information content (AvgIpc) is 2.83. The summed E-state index contributed by atoms with van der Waals surface area (Å²) in [7, 11) is 0. The smallest absolute Gasteiger partial charge is 0.259 e. The van der Waals surface area contributed by atoms with Crippen molar-refractivity contribution in [2.45, 2.75) is 0 Å². The predicted molar refractivity (Wildman–Crippen MR) is 81.2 cm³/mol. The van der Waals surface area contributed by atoms with Gasteiger partial charge in [-0.25, -0.2) is 9.97 Å². The number of nitrogen functional groups attached to an aromatic ring is 1. The molecule has 1 amide bonds. The number of para-hydroxylation sites is 1. The Kier molecular flexibility index (Phi) is 3.25. The topological polar surface area (TPSA) is 80.9 Å². The van der Waals surface area contributed by atoms with Crippen LogP contribution >= 0.6 is 22.9 Å². The second kappa shape index (κ2) is 5.07. The van der Waals surface area contributed by atoms with Gasteiger partial charge in [0, 0.05) is 0 Å². The maximum absolute atomic E-state index is 12.2. The Morgan fingerprint density at radius 2 is 2.15 bits per heavy atom. The fraction of sp³-hybridized carbons (Fsp3) is 0. The third-order valence-electron chi connectivity index (χ3n) is 2.66. The second-order valence-corrected chi connectivity index (χ2v) is 5.45. The van der Waals surface area contributed by atoms with Crippen molar-refractivity contribution in [1.29, 1.82) is 0 Å². The Hall–Kier alpha value is -2.18. The van der Waals surface area contributed by atoms with Crippen molar-refractivity contribution >= 4 is 49.9 Å². The van der Waals surface area contributed by atoms with E-state index in [1.54, 1.807) is 0 Å². The third-order valence-corrected chi connectivity index (χ3v) is 3.82. The van der Waals surface area contributed by atoms with E-state index >= 15 is 0 Å². The molecule has 0 atom stereocenters. The van der Waals surface area contributed by atoms with E-state index in [0.717, 1.165) is 10.2 Å². The summed E-state index contributed by atoms with van der Waals surface area (Å²) < 4.78 is 1.00. The number of nitrogens with zero attached hydrogens (tertiary/aromatic N) is 2. The highest BCUT2D eigenvalue weighted by atomic mass is 35.5. The third kappa shape index (κ3) is 2.43. The van der Waals surface area contributed by atoms with Crippen LogP contribution in [0.25, 0.3) is 10.2 Å². The molecular weight excluding hydrogens is 296 g/mol. The van der Waals surface area contributed by atoms with Gasteiger partial charge in [0.15, 0.2) is 5.13 Å². The van der Waals surface area contributed by atoms with Crippen molar-refractivity contribution < 1.29 is 4.79 Å². The number of halogens is 1. The lowest BCUT2D eigenvalue weighted by Crippen LogP contribution is -2.14. The van der Waals surface area contributed by atoms with Gasteiger partial charge in [-0.15, -0.1) is 0 Å². The summed E-state index contributed by atoms with van der Waals surface area (Å²) in [6.45, 7) is 0. The minimum atomic E-state index is -0.356. The standard InChI is InChI=1S/C13H9ClN4OS/c14-11-5-7(8(15)6-16-11)12(19)18-13-17-9-3-1-2-4-10(9)20-13/h1-6H,15H2,(H,17,18,19). The number of hydrogen-bond donors (Lipinski definition) is 2. The van der Waals surface area contributed by atoms with Crippen LogP contribution < -0.4 is 11.1 Å². The van der Waals surface area contributed by atoms with Crippen LogP contribution in [-0.2, 0) is 0 Å². The number of pyridine rings is 1. The number of carbonyl (C=O) groups excluding carboxylic acids is 1. The van der Waals surface area contributed by atoms with Gasteiger partial charge in [-0.3, -0.25) is 10.1 Å². The van der Waals surface area contributed by atoms with Gasteiger partial charge in [0.05, 0.1) is 27.7 Å². The number of benzene rings is 1. The Morgan fingerprint density at radius 1 is 1.35 bits per heavy atom. The zero-order valence-electron chi connectivity index (χ0n) is 10.1. The van der Waals surface area contributed by atoms with Gasteiger partial charge in [-0.1, -0.05) is 35.1 Å². The van der Waals surface area contributed by atoms with Crippen LogP contribution in [0, 0.1) is 0 Å². The van der Waals surface area contributed by atoms with Gasteiger partial charge in [-0.05, 0) is 18.2 Å². The Bertz CT molecular complexity index is 769. The molecule has 7 heteroatoms. The summed E-state index contributed by atoms with van der Waals surface area (Å²) in [5, 5.41) is 3.45. The lowest BCUT2D eigenvalue weighted by atomic mass is 10.2. The molecule has 100 valence electrons. The molecule has 0 saturated carbocycles. The molecule has 3 aromatic rings. The number of anilines is 2. The number of carbonyl (C=O) groups is 1. The van der Waals surface area contributed by atoms with Gasteiger partial charge in [-0.2, -0.15) is 0 Å². The van der Waals surface area contributed by atoms with Gasteiger partial charge >= 0.3 is 0 Å². The summed E-state index contributed by atoms with van der Waals surface area (Å²) in [4.78, 5) is 20.3. The summed E-state index contributed by atoms with van der Waals surface area (Å²) >= 11 is 7.17. The van der Waals surface area contributed by atoms with E-state index in [9.17, 15) is 4.79 Å². The van der Waals surface area contributed by atoms with Crippen molar-refractivity contribution in [2.24, 2.45) is 0 Å². The van der Waals surface area contributed by atoms with Gasteiger partial charge in [0.1, 0.15) is 5.15 Å². The Balaban J connectivity index is 1.90. The molecule has 0 saturated heterocycles. The second-order valence-electron chi connectivity index (χ2n) is 4.04. The Morgan fingerprint density at radius 3 is 2.95 bits per heavy atom. The molecule has 0 aliphatic rings. The molecule has 0 aliphatic carbocycles. The van der Waals surface area contributed by atoms with Crippen LogP contribution in [0.2, 0.25) is 5.15 Å². The van der Waals surface area contributed by atoms with Crippen LogP contribution in [-0.4, -0.2) is 15.9 Å². The molecule has 2 heterocycles. The summed E-state index contributed by atoms with van der Waals surface area (Å²) in [5.41, 5.74) is 7.11. The lowest BCUT2D eigenvalue weighted by Gasteiger charge is -2.04. The highest BCUT2D eigenvalue weighted by Crippen LogP contribution is 2.26. The average molecular weight is 305 g/mol. The van der Waals surface area contributed by atoms with E-state index in [-0.39, 0.29) is 22.3 Å². The number of thiazole rings is 1. The lowest BCUT2D eigenvalue weighted by molar-refractivity contribution is 0.102. The summed E-state index contributed by atoms with van der Waals surface area (Å²) in [6, 6.07) is 9.08. The minimum Gasteiger partial charge on any atom is -0.397 e. The van der Waals surface area contributed by atoms with Gasteiger partial charge < -0.3 is 5.73 Å². The quantitative estimate of drug-likeness (QED) is 0.712. The first-order valence-corrected chi connectivity index (χ1v) is 6.91. The first kappa shape index (κ1) is 12.8. The number of amides is 1. The van der Waals surface area contributed by atoms with E-state index in [4.69, 9.17) is 17.3 Å². The highest BCUT2D eigenvalue weighted by Gasteiger charge is 2.13. The van der Waals surface area contributed by atoms with Crippen LogP contribution in [0.5, 0.6) is 0 Å². The number of aromatic nitrogens is 2. The van der Waals surface area contributed by atoms with Gasteiger partial charge in [0.25, 0.3) is 5.91 Å². The number of fused-ring (bicyclic) bond motifs is 1. The number of hydrogen-bond acceptors (Lipinski definition) is 5. The molecular formula is C13H9ClN4OS. The minimum absolute atomic E-state index is 0.216. The van der Waals surface area contributed by atoms with Crippen LogP contribution in [0.3, 0.4) is 0 Å². The van der Waals surface area contributed by atoms with Crippen molar-refractivity contribution in [2.75, 3.05) is 11.1 Å². The van der Waals surface area contributed by atoms with Crippen molar-refractivity contribution in [3.05, 3.63) is 47.2 Å². The molecule has 5 nitrogen and oxygen atoms in total. The molecule has 0 radical (unpaired) electrons. The molecule has 20 heavy (non-hydrogen) atoms. The largest absolute Gasteiger partial charge is 0.397 e. The number of rotatable bonds is 2. The van der Waals surface area contributed by atoms with Crippen molar-refractivity contribution in [3.63, 3.8) is 0 Å².